The zero-order chi connectivity index (χ0) is 13.7. The van der Waals surface area contributed by atoms with Gasteiger partial charge in [-0.15, -0.1) is 0 Å². The van der Waals surface area contributed by atoms with E-state index in [1.807, 2.05) is 0 Å². The fraction of sp³-hybridized carbons (Fsp3) is 0.625. The van der Waals surface area contributed by atoms with Gasteiger partial charge in [-0.1, -0.05) is 6.42 Å². The lowest BCUT2D eigenvalue weighted by Gasteiger charge is -2.44. The van der Waals surface area contributed by atoms with Gasteiger partial charge < -0.3 is 14.8 Å². The topological polar surface area (TPSA) is 30.5 Å². The largest absolute Gasteiger partial charge is 0.493 e. The zero-order valence-electron chi connectivity index (χ0n) is 11.9. The van der Waals surface area contributed by atoms with Crippen LogP contribution in [0.15, 0.2) is 4.47 Å². The lowest BCUT2D eigenvalue weighted by molar-refractivity contribution is 0.227. The molecule has 0 saturated heterocycles. The second-order valence-corrected chi connectivity index (χ2v) is 6.96. The average molecular weight is 338 g/mol. The first-order chi connectivity index (χ1) is 9.77. The van der Waals surface area contributed by atoms with Gasteiger partial charge in [0.25, 0.3) is 0 Å². The molecule has 20 heavy (non-hydrogen) atoms. The Kier molecular flexibility index (Phi) is 3.00. The molecule has 108 valence electrons. The molecule has 0 bridgehead atoms. The van der Waals surface area contributed by atoms with Gasteiger partial charge in [0.1, 0.15) is 11.5 Å². The first kappa shape index (κ1) is 13.0. The van der Waals surface area contributed by atoms with Crippen molar-refractivity contribution in [2.45, 2.75) is 37.5 Å². The van der Waals surface area contributed by atoms with E-state index in [1.54, 1.807) is 0 Å². The summed E-state index contributed by atoms with van der Waals surface area (Å²) in [4.78, 5) is 0. The Balaban J connectivity index is 1.95. The summed E-state index contributed by atoms with van der Waals surface area (Å²) < 4.78 is 13.1. The monoisotopic (exact) mass is 337 g/mol. The van der Waals surface area contributed by atoms with E-state index in [9.17, 15) is 0 Å². The summed E-state index contributed by atoms with van der Waals surface area (Å²) in [6.45, 7) is 2.65. The molecule has 2 aliphatic heterocycles. The molecule has 0 amide bonds. The number of hydrogen-bond donors (Lipinski definition) is 1. The number of ether oxygens (including phenoxy) is 2. The molecule has 0 radical (unpaired) electrons. The molecule has 0 aromatic heterocycles. The summed E-state index contributed by atoms with van der Waals surface area (Å²) in [7, 11) is 2.05. The van der Waals surface area contributed by atoms with Crippen LogP contribution >= 0.6 is 15.9 Å². The van der Waals surface area contributed by atoms with Crippen LogP contribution in [0.25, 0.3) is 0 Å². The Morgan fingerprint density at radius 1 is 1.10 bits per heavy atom. The van der Waals surface area contributed by atoms with Gasteiger partial charge in [0, 0.05) is 41.5 Å². The molecule has 0 spiro atoms. The normalized spacial score (nSPS) is 21.7. The molecule has 1 fully saturated rings. The molecule has 2 heterocycles. The van der Waals surface area contributed by atoms with Crippen LogP contribution in [0, 0.1) is 0 Å². The number of nitrogens with one attached hydrogen (secondary N) is 1. The molecule has 4 rings (SSSR count). The summed E-state index contributed by atoms with van der Waals surface area (Å²) in [6, 6.07) is 0. The van der Waals surface area contributed by atoms with E-state index in [0.717, 1.165) is 48.6 Å². The molecule has 1 saturated carbocycles. The fourth-order valence-electron chi connectivity index (χ4n) is 4.07. The highest BCUT2D eigenvalue weighted by atomic mass is 79.9. The smallest absolute Gasteiger partial charge is 0.137 e. The van der Waals surface area contributed by atoms with Gasteiger partial charge in [-0.3, -0.25) is 0 Å². The minimum Gasteiger partial charge on any atom is -0.493 e. The molecule has 0 atom stereocenters. The maximum absolute atomic E-state index is 6.05. The van der Waals surface area contributed by atoms with Crippen LogP contribution in [-0.4, -0.2) is 26.8 Å². The summed E-state index contributed by atoms with van der Waals surface area (Å²) in [6.07, 6.45) is 5.86. The first-order valence-electron chi connectivity index (χ1n) is 7.55. The van der Waals surface area contributed by atoms with Gasteiger partial charge in [-0.05, 0) is 35.8 Å². The molecule has 0 unspecified atom stereocenters. The van der Waals surface area contributed by atoms with Crippen molar-refractivity contribution in [2.75, 3.05) is 26.8 Å². The average Bonchev–Trinajstić information content (AvgIpc) is 3.04. The van der Waals surface area contributed by atoms with Crippen LogP contribution in [-0.2, 0) is 18.3 Å². The van der Waals surface area contributed by atoms with Gasteiger partial charge >= 0.3 is 0 Å². The molecular formula is C16H20BrNO2. The predicted molar refractivity (Wildman–Crippen MR) is 82.0 cm³/mol. The molecule has 3 nitrogen and oxygen atoms in total. The summed E-state index contributed by atoms with van der Waals surface area (Å²) >= 11 is 3.74. The van der Waals surface area contributed by atoms with Gasteiger partial charge in [0.15, 0.2) is 0 Å². The van der Waals surface area contributed by atoms with Gasteiger partial charge in [-0.2, -0.15) is 0 Å². The highest BCUT2D eigenvalue weighted by molar-refractivity contribution is 9.10. The number of hydrogen-bond acceptors (Lipinski definition) is 3. The number of benzene rings is 1. The molecule has 4 heteroatoms. The van der Waals surface area contributed by atoms with Crippen molar-refractivity contribution in [1.29, 1.82) is 0 Å². The van der Waals surface area contributed by atoms with Crippen LogP contribution in [0.4, 0.5) is 0 Å². The maximum atomic E-state index is 6.05. The van der Waals surface area contributed by atoms with Crippen molar-refractivity contribution in [3.8, 4) is 11.5 Å². The predicted octanol–water partition coefficient (Wildman–Crippen LogP) is 2.96. The van der Waals surface area contributed by atoms with E-state index in [4.69, 9.17) is 9.47 Å². The minimum atomic E-state index is 0.266. The van der Waals surface area contributed by atoms with Crippen molar-refractivity contribution in [1.82, 2.24) is 5.32 Å². The van der Waals surface area contributed by atoms with E-state index in [0.29, 0.717) is 0 Å². The van der Waals surface area contributed by atoms with E-state index in [1.165, 1.54) is 36.0 Å². The van der Waals surface area contributed by atoms with E-state index in [-0.39, 0.29) is 5.41 Å². The third kappa shape index (κ3) is 1.61. The van der Waals surface area contributed by atoms with Crippen molar-refractivity contribution in [2.24, 2.45) is 0 Å². The zero-order valence-corrected chi connectivity index (χ0v) is 13.4. The quantitative estimate of drug-likeness (QED) is 0.919. The minimum absolute atomic E-state index is 0.266. The third-order valence-electron chi connectivity index (χ3n) is 5.09. The number of likely N-dealkylation sites (N-methyl/N-ethyl adjacent to an activating group) is 1. The Hall–Kier alpha value is -0.740. The van der Waals surface area contributed by atoms with Crippen molar-refractivity contribution >= 4 is 15.9 Å². The number of halogens is 1. The second kappa shape index (κ2) is 4.63. The van der Waals surface area contributed by atoms with Gasteiger partial charge in [-0.25, -0.2) is 0 Å². The van der Waals surface area contributed by atoms with Crippen LogP contribution in [0.1, 0.15) is 36.0 Å². The Morgan fingerprint density at radius 3 is 2.45 bits per heavy atom. The maximum Gasteiger partial charge on any atom is 0.137 e. The highest BCUT2D eigenvalue weighted by Gasteiger charge is 2.45. The summed E-state index contributed by atoms with van der Waals surface area (Å²) in [5, 5.41) is 3.40. The molecule has 1 N–H and O–H groups in total. The van der Waals surface area contributed by atoms with Crippen molar-refractivity contribution < 1.29 is 9.47 Å². The highest BCUT2D eigenvalue weighted by Crippen LogP contribution is 2.55. The Morgan fingerprint density at radius 2 is 1.80 bits per heavy atom. The third-order valence-corrected chi connectivity index (χ3v) is 5.93. The van der Waals surface area contributed by atoms with Crippen molar-refractivity contribution in [3.05, 3.63) is 21.2 Å². The first-order valence-corrected chi connectivity index (χ1v) is 8.34. The molecule has 1 aliphatic carbocycles. The summed E-state index contributed by atoms with van der Waals surface area (Å²) in [5.41, 5.74) is 4.44. The molecule has 1 aromatic carbocycles. The van der Waals surface area contributed by atoms with E-state index >= 15 is 0 Å². The fourth-order valence-corrected chi connectivity index (χ4v) is 4.80. The number of fused-ring (bicyclic) bond motifs is 2. The van der Waals surface area contributed by atoms with Crippen LogP contribution < -0.4 is 14.8 Å². The SMILES string of the molecule is CNCC1(c2c3c(c(Br)c4c2OCC4)OCC3)CCC1. The summed E-state index contributed by atoms with van der Waals surface area (Å²) in [5.74, 6) is 2.25. The van der Waals surface area contributed by atoms with E-state index < -0.39 is 0 Å². The Labute approximate surface area is 128 Å². The van der Waals surface area contributed by atoms with Gasteiger partial charge in [0.2, 0.25) is 0 Å². The molecule has 1 aromatic rings. The molecular weight excluding hydrogens is 318 g/mol. The molecule has 3 aliphatic rings. The van der Waals surface area contributed by atoms with Gasteiger partial charge in [0.05, 0.1) is 17.7 Å². The van der Waals surface area contributed by atoms with Crippen LogP contribution in [0.3, 0.4) is 0 Å². The van der Waals surface area contributed by atoms with Crippen LogP contribution in [0.5, 0.6) is 11.5 Å². The van der Waals surface area contributed by atoms with Crippen LogP contribution in [0.2, 0.25) is 0 Å². The lowest BCUT2D eigenvalue weighted by Crippen LogP contribution is -2.43. The standard InChI is InChI=1S/C16H20BrNO2/c1-18-9-16(5-2-6-16)12-10-3-7-20-15(10)13(17)11-4-8-19-14(11)12/h18H,2-9H2,1H3. The number of rotatable bonds is 3. The van der Waals surface area contributed by atoms with E-state index in [2.05, 4.69) is 28.3 Å². The Bertz CT molecular complexity index is 531. The lowest BCUT2D eigenvalue weighted by atomic mass is 9.62. The second-order valence-electron chi connectivity index (χ2n) is 6.17. The van der Waals surface area contributed by atoms with Crippen molar-refractivity contribution in [3.63, 3.8) is 0 Å².